The molecule has 1 saturated heterocycles. The number of amides is 3. The van der Waals surface area contributed by atoms with Gasteiger partial charge in [-0.3, -0.25) is 30.2 Å². The Morgan fingerprint density at radius 2 is 1.70 bits per heavy atom. The highest BCUT2D eigenvalue weighted by Crippen LogP contribution is 2.17. The number of piperazine rings is 1. The lowest BCUT2D eigenvalue weighted by Crippen LogP contribution is -2.49. The molecule has 0 bridgehead atoms. The van der Waals surface area contributed by atoms with Crippen LogP contribution >= 0.6 is 0 Å². The molecular weight excluding hydrogens is 382 g/mol. The van der Waals surface area contributed by atoms with Crippen LogP contribution in [0.25, 0.3) is 0 Å². The van der Waals surface area contributed by atoms with Crippen molar-refractivity contribution in [1.29, 1.82) is 0 Å². The van der Waals surface area contributed by atoms with Gasteiger partial charge in [-0.05, 0) is 30.2 Å². The monoisotopic (exact) mass is 409 g/mol. The minimum Gasteiger partial charge on any atom is -0.368 e. The molecule has 3 rings (SSSR count). The van der Waals surface area contributed by atoms with Gasteiger partial charge in [-0.25, -0.2) is 0 Å². The minimum atomic E-state index is -0.434. The molecule has 1 atom stereocenters. The Morgan fingerprint density at radius 1 is 0.967 bits per heavy atom. The van der Waals surface area contributed by atoms with Crippen molar-refractivity contribution in [2.24, 2.45) is 5.92 Å². The molecule has 1 aliphatic rings. The number of nitrogens with one attached hydrogen (secondary N) is 2. The standard InChI is InChI=1S/C22H27N5O3/c1-17(14-20(28)24-25-22(30)18-6-5-9-23-16-18)15-21(29)27-12-10-26(11-13-27)19-7-3-2-4-8-19/h2-9,16-17H,10-15H2,1H3,(H,24,28)(H,25,30). The van der Waals surface area contributed by atoms with Crippen LogP contribution in [0.4, 0.5) is 5.69 Å². The van der Waals surface area contributed by atoms with Crippen LogP contribution in [0.15, 0.2) is 54.9 Å². The average molecular weight is 409 g/mol. The van der Waals surface area contributed by atoms with Gasteiger partial charge in [0.2, 0.25) is 11.8 Å². The molecule has 0 radical (unpaired) electrons. The van der Waals surface area contributed by atoms with Crippen LogP contribution in [-0.2, 0) is 9.59 Å². The first kappa shape index (κ1) is 21.3. The Balaban J connectivity index is 1.37. The zero-order valence-electron chi connectivity index (χ0n) is 17.1. The number of hydrogen-bond acceptors (Lipinski definition) is 5. The molecule has 1 unspecified atom stereocenters. The second-order valence-corrected chi connectivity index (χ2v) is 7.46. The fourth-order valence-corrected chi connectivity index (χ4v) is 3.42. The molecule has 0 aliphatic carbocycles. The average Bonchev–Trinajstić information content (AvgIpc) is 2.78. The lowest BCUT2D eigenvalue weighted by molar-refractivity contribution is -0.132. The van der Waals surface area contributed by atoms with Gasteiger partial charge in [0, 0.05) is 57.1 Å². The first-order valence-electron chi connectivity index (χ1n) is 10.1. The number of carbonyl (C=O) groups excluding carboxylic acids is 3. The maximum atomic E-state index is 12.6. The second-order valence-electron chi connectivity index (χ2n) is 7.46. The van der Waals surface area contributed by atoms with Crippen LogP contribution in [0.1, 0.15) is 30.1 Å². The van der Waals surface area contributed by atoms with E-state index in [-0.39, 0.29) is 24.2 Å². The van der Waals surface area contributed by atoms with E-state index in [0.29, 0.717) is 25.1 Å². The van der Waals surface area contributed by atoms with Crippen LogP contribution in [0, 0.1) is 5.92 Å². The molecule has 2 aromatic rings. The number of para-hydroxylation sites is 1. The number of nitrogens with zero attached hydrogens (tertiary/aromatic N) is 3. The number of hydrogen-bond donors (Lipinski definition) is 2. The number of carbonyl (C=O) groups is 3. The Labute approximate surface area is 176 Å². The number of aromatic nitrogens is 1. The van der Waals surface area contributed by atoms with Crippen molar-refractivity contribution in [1.82, 2.24) is 20.7 Å². The van der Waals surface area contributed by atoms with Gasteiger partial charge in [-0.2, -0.15) is 0 Å². The summed E-state index contributed by atoms with van der Waals surface area (Å²) < 4.78 is 0. The predicted molar refractivity (Wildman–Crippen MR) is 113 cm³/mol. The van der Waals surface area contributed by atoms with E-state index in [1.54, 1.807) is 18.3 Å². The smallest absolute Gasteiger partial charge is 0.271 e. The minimum absolute atomic E-state index is 0.0578. The van der Waals surface area contributed by atoms with E-state index in [0.717, 1.165) is 13.1 Å². The van der Waals surface area contributed by atoms with Gasteiger partial charge in [-0.15, -0.1) is 0 Å². The molecule has 8 nitrogen and oxygen atoms in total. The maximum Gasteiger partial charge on any atom is 0.271 e. The van der Waals surface area contributed by atoms with E-state index < -0.39 is 5.91 Å². The van der Waals surface area contributed by atoms with E-state index in [1.165, 1.54) is 11.9 Å². The summed E-state index contributed by atoms with van der Waals surface area (Å²) >= 11 is 0. The van der Waals surface area contributed by atoms with Gasteiger partial charge in [0.25, 0.3) is 5.91 Å². The van der Waals surface area contributed by atoms with Crippen LogP contribution in [0.2, 0.25) is 0 Å². The molecule has 2 N–H and O–H groups in total. The summed E-state index contributed by atoms with van der Waals surface area (Å²) in [5.74, 6) is -0.833. The Morgan fingerprint density at radius 3 is 2.37 bits per heavy atom. The van der Waals surface area contributed by atoms with Crippen molar-refractivity contribution in [3.8, 4) is 0 Å². The summed E-state index contributed by atoms with van der Waals surface area (Å²) in [6, 6.07) is 13.4. The first-order valence-corrected chi connectivity index (χ1v) is 10.1. The molecule has 1 aromatic heterocycles. The fourth-order valence-electron chi connectivity index (χ4n) is 3.42. The van der Waals surface area contributed by atoms with Gasteiger partial charge in [-0.1, -0.05) is 25.1 Å². The van der Waals surface area contributed by atoms with E-state index in [1.807, 2.05) is 30.0 Å². The van der Waals surface area contributed by atoms with Gasteiger partial charge in [0.05, 0.1) is 5.56 Å². The topological polar surface area (TPSA) is 94.6 Å². The maximum absolute atomic E-state index is 12.6. The molecule has 30 heavy (non-hydrogen) atoms. The van der Waals surface area contributed by atoms with Crippen LogP contribution in [-0.4, -0.2) is 53.8 Å². The van der Waals surface area contributed by atoms with Crippen LogP contribution < -0.4 is 15.8 Å². The molecule has 1 fully saturated rings. The summed E-state index contributed by atoms with van der Waals surface area (Å²) in [6.45, 7) is 4.80. The molecule has 3 amide bonds. The normalized spacial score (nSPS) is 14.7. The first-order chi connectivity index (χ1) is 14.5. The number of benzene rings is 1. The Bertz CT molecular complexity index is 852. The van der Waals surface area contributed by atoms with E-state index in [2.05, 4.69) is 32.9 Å². The molecular formula is C22H27N5O3. The van der Waals surface area contributed by atoms with Gasteiger partial charge in [0.1, 0.15) is 0 Å². The molecule has 0 spiro atoms. The van der Waals surface area contributed by atoms with Gasteiger partial charge in [0.15, 0.2) is 0 Å². The summed E-state index contributed by atoms with van der Waals surface area (Å²) in [4.78, 5) is 44.6. The molecule has 2 heterocycles. The van der Waals surface area contributed by atoms with E-state index >= 15 is 0 Å². The highest BCUT2D eigenvalue weighted by molar-refractivity contribution is 5.95. The summed E-state index contributed by atoms with van der Waals surface area (Å²) in [6.07, 6.45) is 3.44. The van der Waals surface area contributed by atoms with Crippen LogP contribution in [0.3, 0.4) is 0 Å². The Hall–Kier alpha value is -3.42. The summed E-state index contributed by atoms with van der Waals surface area (Å²) in [7, 11) is 0. The van der Waals surface area contributed by atoms with Crippen molar-refractivity contribution in [3.63, 3.8) is 0 Å². The summed E-state index contributed by atoms with van der Waals surface area (Å²) in [5, 5.41) is 0. The predicted octanol–water partition coefficient (Wildman–Crippen LogP) is 1.61. The zero-order valence-corrected chi connectivity index (χ0v) is 17.1. The van der Waals surface area contributed by atoms with Crippen molar-refractivity contribution in [2.75, 3.05) is 31.1 Å². The molecule has 0 saturated carbocycles. The lowest BCUT2D eigenvalue weighted by atomic mass is 10.0. The lowest BCUT2D eigenvalue weighted by Gasteiger charge is -2.36. The van der Waals surface area contributed by atoms with Crippen LogP contribution in [0.5, 0.6) is 0 Å². The van der Waals surface area contributed by atoms with Gasteiger partial charge >= 0.3 is 0 Å². The zero-order chi connectivity index (χ0) is 21.3. The van der Waals surface area contributed by atoms with Gasteiger partial charge < -0.3 is 9.80 Å². The number of hydrazine groups is 1. The van der Waals surface area contributed by atoms with Crippen molar-refractivity contribution < 1.29 is 14.4 Å². The van der Waals surface area contributed by atoms with Crippen molar-refractivity contribution >= 4 is 23.4 Å². The highest BCUT2D eigenvalue weighted by atomic mass is 16.2. The third kappa shape index (κ3) is 6.04. The molecule has 1 aliphatic heterocycles. The van der Waals surface area contributed by atoms with Crippen molar-refractivity contribution in [2.45, 2.75) is 19.8 Å². The Kier molecular flexibility index (Phi) is 7.37. The largest absolute Gasteiger partial charge is 0.368 e. The quantitative estimate of drug-likeness (QED) is 0.707. The number of anilines is 1. The third-order valence-electron chi connectivity index (χ3n) is 5.05. The second kappa shape index (κ2) is 10.4. The molecule has 8 heteroatoms. The highest BCUT2D eigenvalue weighted by Gasteiger charge is 2.23. The molecule has 1 aromatic carbocycles. The summed E-state index contributed by atoms with van der Waals surface area (Å²) in [5.41, 5.74) is 6.28. The SMILES string of the molecule is CC(CC(=O)NNC(=O)c1cccnc1)CC(=O)N1CCN(c2ccccc2)CC1. The number of pyridine rings is 1. The van der Waals surface area contributed by atoms with Crippen molar-refractivity contribution in [3.05, 3.63) is 60.4 Å². The van der Waals surface area contributed by atoms with E-state index in [4.69, 9.17) is 0 Å². The van der Waals surface area contributed by atoms with E-state index in [9.17, 15) is 14.4 Å². The fraction of sp³-hybridized carbons (Fsp3) is 0.364. The molecule has 158 valence electrons. The number of rotatable bonds is 6. The third-order valence-corrected chi connectivity index (χ3v) is 5.05.